The van der Waals surface area contributed by atoms with Gasteiger partial charge >= 0.3 is 6.18 Å². The highest BCUT2D eigenvalue weighted by Crippen LogP contribution is 2.40. The largest absolute Gasteiger partial charge is 0.486 e. The molecule has 0 N–H and O–H groups in total. The standard InChI is InChI=1S/C31H26ClF4N3O4S/c1-19(30-25(32)6-3-7-26(30)33)12-20-8-10-28-27(13-20)39(44(41,42)24-5-2-4-22(14-24)31(34,35)36)18-23(43-28)9-11-29(40)38-16-21(15-37)17-38/h2-8,10,12-14,21,23H,9,11,16-18H2,1H3. The number of likely N-dealkylation sites (tertiary alicyclic amines) is 1. The number of benzene rings is 3. The minimum Gasteiger partial charge on any atom is -0.486 e. The molecule has 0 aromatic heterocycles. The van der Waals surface area contributed by atoms with Crippen molar-refractivity contribution < 1.29 is 35.5 Å². The molecular weight excluding hydrogens is 622 g/mol. The van der Waals surface area contributed by atoms with Crippen LogP contribution in [0.2, 0.25) is 5.02 Å². The lowest BCUT2D eigenvalue weighted by Gasteiger charge is -2.37. The van der Waals surface area contributed by atoms with Crippen LogP contribution in [0.4, 0.5) is 23.2 Å². The van der Waals surface area contributed by atoms with Crippen LogP contribution in [0, 0.1) is 23.1 Å². The van der Waals surface area contributed by atoms with Crippen molar-refractivity contribution in [3.05, 3.63) is 88.2 Å². The molecule has 1 fully saturated rings. The summed E-state index contributed by atoms with van der Waals surface area (Å²) in [4.78, 5) is 13.6. The van der Waals surface area contributed by atoms with Gasteiger partial charge in [-0.25, -0.2) is 12.8 Å². The number of rotatable bonds is 7. The Bertz CT molecular complexity index is 1760. The van der Waals surface area contributed by atoms with E-state index in [4.69, 9.17) is 21.6 Å². The maximum atomic E-state index is 14.5. The number of alkyl halides is 3. The third-order valence-corrected chi connectivity index (χ3v) is 9.59. The van der Waals surface area contributed by atoms with E-state index >= 15 is 0 Å². The first-order chi connectivity index (χ1) is 20.8. The molecule has 3 aromatic rings. The second kappa shape index (κ2) is 12.1. The summed E-state index contributed by atoms with van der Waals surface area (Å²) in [5.41, 5.74) is 0.0498. The van der Waals surface area contributed by atoms with Crippen molar-refractivity contribution in [1.29, 1.82) is 5.26 Å². The van der Waals surface area contributed by atoms with Gasteiger partial charge in [0.05, 0.1) is 39.7 Å². The Hall–Kier alpha value is -4.08. The van der Waals surface area contributed by atoms with Crippen molar-refractivity contribution in [3.63, 3.8) is 0 Å². The van der Waals surface area contributed by atoms with E-state index in [0.29, 0.717) is 30.3 Å². The Kier molecular flexibility index (Phi) is 8.64. The van der Waals surface area contributed by atoms with E-state index in [1.165, 1.54) is 35.2 Å². The fourth-order valence-electron chi connectivity index (χ4n) is 5.16. The van der Waals surface area contributed by atoms with Crippen molar-refractivity contribution >= 4 is 44.9 Å². The smallest absolute Gasteiger partial charge is 0.416 e. The Morgan fingerprint density at radius 2 is 1.84 bits per heavy atom. The van der Waals surface area contributed by atoms with Gasteiger partial charge in [0, 0.05) is 25.1 Å². The molecule has 0 spiro atoms. The van der Waals surface area contributed by atoms with Gasteiger partial charge < -0.3 is 9.64 Å². The number of hydrogen-bond acceptors (Lipinski definition) is 5. The zero-order valence-electron chi connectivity index (χ0n) is 23.3. The number of hydrogen-bond donors (Lipinski definition) is 0. The average Bonchev–Trinajstić information content (AvgIpc) is 2.94. The van der Waals surface area contributed by atoms with Gasteiger partial charge in [-0.3, -0.25) is 9.10 Å². The summed E-state index contributed by atoms with van der Waals surface area (Å²) >= 11 is 6.21. The number of anilines is 1. The molecule has 1 atom stereocenters. The molecule has 0 saturated carbocycles. The van der Waals surface area contributed by atoms with E-state index in [0.717, 1.165) is 22.5 Å². The Morgan fingerprint density at radius 1 is 1.11 bits per heavy atom. The summed E-state index contributed by atoms with van der Waals surface area (Å²) in [6, 6.07) is 14.5. The highest BCUT2D eigenvalue weighted by Gasteiger charge is 2.38. The third-order valence-electron chi connectivity index (χ3n) is 7.50. The maximum Gasteiger partial charge on any atom is 0.416 e. The number of carbonyl (C=O) groups is 1. The summed E-state index contributed by atoms with van der Waals surface area (Å²) in [6.07, 6.45) is -3.79. The van der Waals surface area contributed by atoms with Gasteiger partial charge in [0.1, 0.15) is 17.7 Å². The summed E-state index contributed by atoms with van der Waals surface area (Å²) in [7, 11) is -4.54. The van der Waals surface area contributed by atoms with E-state index in [-0.39, 0.29) is 53.2 Å². The van der Waals surface area contributed by atoms with Crippen LogP contribution in [0.25, 0.3) is 11.6 Å². The Morgan fingerprint density at radius 3 is 2.52 bits per heavy atom. The fraction of sp³-hybridized carbons (Fsp3) is 0.290. The predicted octanol–water partition coefficient (Wildman–Crippen LogP) is 6.78. The van der Waals surface area contributed by atoms with Crippen molar-refractivity contribution in [3.8, 4) is 11.8 Å². The SMILES string of the molecule is CC(=Cc1ccc2c(c1)N(S(=O)(=O)c1cccc(C(F)(F)F)c1)CC(CCC(=O)N1CC(C#N)C1)O2)c1c(F)cccc1Cl. The minimum absolute atomic E-state index is 0.0268. The monoisotopic (exact) mass is 647 g/mol. The predicted molar refractivity (Wildman–Crippen MR) is 157 cm³/mol. The molecule has 5 rings (SSSR count). The first-order valence-corrected chi connectivity index (χ1v) is 15.4. The van der Waals surface area contributed by atoms with Crippen molar-refractivity contribution in [1.82, 2.24) is 4.90 Å². The van der Waals surface area contributed by atoms with Crippen LogP contribution in [0.15, 0.2) is 65.6 Å². The van der Waals surface area contributed by atoms with Crippen LogP contribution >= 0.6 is 11.6 Å². The lowest BCUT2D eigenvalue weighted by Crippen LogP contribution is -2.50. The topological polar surface area (TPSA) is 90.7 Å². The van der Waals surface area contributed by atoms with Gasteiger partial charge in [0.15, 0.2) is 0 Å². The summed E-state index contributed by atoms with van der Waals surface area (Å²) < 4.78 is 89.8. The van der Waals surface area contributed by atoms with Crippen molar-refractivity contribution in [2.75, 3.05) is 23.9 Å². The number of halogens is 5. The molecule has 2 aliphatic heterocycles. The second-order valence-corrected chi connectivity index (χ2v) is 12.9. The van der Waals surface area contributed by atoms with Crippen LogP contribution in [-0.2, 0) is 21.0 Å². The van der Waals surface area contributed by atoms with Gasteiger partial charge in [-0.15, -0.1) is 0 Å². The zero-order valence-corrected chi connectivity index (χ0v) is 24.9. The summed E-state index contributed by atoms with van der Waals surface area (Å²) in [6.45, 7) is 2.02. The lowest BCUT2D eigenvalue weighted by atomic mass is 10.0. The summed E-state index contributed by atoms with van der Waals surface area (Å²) in [5.74, 6) is -0.816. The van der Waals surface area contributed by atoms with Crippen LogP contribution in [0.5, 0.6) is 5.75 Å². The van der Waals surface area contributed by atoms with Crippen molar-refractivity contribution in [2.24, 2.45) is 5.92 Å². The molecule has 1 saturated heterocycles. The molecule has 1 amide bonds. The zero-order chi connectivity index (χ0) is 31.8. The third kappa shape index (κ3) is 6.39. The second-order valence-electron chi connectivity index (χ2n) is 10.6. The van der Waals surface area contributed by atoms with E-state index in [1.54, 1.807) is 19.1 Å². The molecule has 230 valence electrons. The molecule has 2 heterocycles. The molecular formula is C31H26ClF4N3O4S. The molecule has 44 heavy (non-hydrogen) atoms. The number of nitriles is 1. The Labute approximate surface area is 257 Å². The molecule has 0 bridgehead atoms. The number of carbonyl (C=O) groups excluding carboxylic acids is 1. The van der Waals surface area contributed by atoms with Crippen molar-refractivity contribution in [2.45, 2.75) is 36.9 Å². The molecule has 13 heteroatoms. The maximum absolute atomic E-state index is 14.5. The van der Waals surface area contributed by atoms with Crippen LogP contribution < -0.4 is 9.04 Å². The molecule has 1 unspecified atom stereocenters. The average molecular weight is 648 g/mol. The molecule has 0 aliphatic carbocycles. The number of ether oxygens (including phenoxy) is 1. The van der Waals surface area contributed by atoms with E-state index in [1.807, 2.05) is 0 Å². The molecule has 7 nitrogen and oxygen atoms in total. The van der Waals surface area contributed by atoms with Gasteiger partial charge in [-0.2, -0.15) is 18.4 Å². The van der Waals surface area contributed by atoms with Crippen LogP contribution in [0.3, 0.4) is 0 Å². The van der Waals surface area contributed by atoms with Crippen LogP contribution in [-0.4, -0.2) is 45.0 Å². The molecule has 0 radical (unpaired) electrons. The highest BCUT2D eigenvalue weighted by molar-refractivity contribution is 7.92. The van der Waals surface area contributed by atoms with E-state index in [9.17, 15) is 30.8 Å². The fourth-order valence-corrected chi connectivity index (χ4v) is 7.02. The molecule has 2 aliphatic rings. The van der Waals surface area contributed by atoms with E-state index < -0.39 is 38.6 Å². The Balaban J connectivity index is 1.49. The quantitative estimate of drug-likeness (QED) is 0.208. The van der Waals surface area contributed by atoms with Gasteiger partial charge in [-0.05, 0) is 66.9 Å². The number of sulfonamides is 1. The lowest BCUT2D eigenvalue weighted by molar-refractivity contribution is -0.138. The van der Waals surface area contributed by atoms with E-state index in [2.05, 4.69) is 6.07 Å². The molecule has 3 aromatic carbocycles. The highest BCUT2D eigenvalue weighted by atomic mass is 35.5. The number of fused-ring (bicyclic) bond motifs is 1. The normalized spacial score (nSPS) is 17.4. The summed E-state index contributed by atoms with van der Waals surface area (Å²) in [5, 5.41) is 9.15. The first kappa shape index (κ1) is 31.3. The van der Waals surface area contributed by atoms with Gasteiger partial charge in [0.25, 0.3) is 10.0 Å². The minimum atomic E-state index is -4.76. The van der Waals surface area contributed by atoms with Crippen LogP contribution in [0.1, 0.15) is 36.5 Å². The van der Waals surface area contributed by atoms with Gasteiger partial charge in [-0.1, -0.05) is 35.9 Å². The number of allylic oxidation sites excluding steroid dienone is 1. The first-order valence-electron chi connectivity index (χ1n) is 13.6. The number of amides is 1. The van der Waals surface area contributed by atoms with Gasteiger partial charge in [0.2, 0.25) is 5.91 Å². The number of nitrogens with zero attached hydrogens (tertiary/aromatic N) is 3.